The number of fused-ring (bicyclic) bond motifs is 3. The average molecular weight is 453 g/mol. The summed E-state index contributed by atoms with van der Waals surface area (Å²) >= 11 is 0. The van der Waals surface area contributed by atoms with Crippen LogP contribution in [0.2, 0.25) is 0 Å². The number of rotatable bonds is 3. The monoisotopic (exact) mass is 453 g/mol. The number of nitrogens with one attached hydrogen (secondary N) is 1. The number of hydrogen-bond acceptors (Lipinski definition) is 6. The van der Waals surface area contributed by atoms with Gasteiger partial charge in [-0.1, -0.05) is 6.07 Å². The van der Waals surface area contributed by atoms with Crippen molar-refractivity contribution < 1.29 is 13.9 Å². The van der Waals surface area contributed by atoms with Gasteiger partial charge in [0.15, 0.2) is 5.82 Å². The van der Waals surface area contributed by atoms with E-state index in [4.69, 9.17) is 14.7 Å². The predicted octanol–water partition coefficient (Wildman–Crippen LogP) is 5.18. The number of aromatic amines is 1. The minimum atomic E-state index is -0.432. The maximum Gasteiger partial charge on any atom is 0.337 e. The number of aryl methyl sites for hydroxylation is 1. The summed E-state index contributed by atoms with van der Waals surface area (Å²) in [6.07, 6.45) is 3.43. The van der Waals surface area contributed by atoms with Crippen molar-refractivity contribution in [3.05, 3.63) is 77.7 Å². The van der Waals surface area contributed by atoms with Gasteiger partial charge in [-0.15, -0.1) is 0 Å². The van der Waals surface area contributed by atoms with E-state index in [0.717, 1.165) is 47.1 Å². The summed E-state index contributed by atoms with van der Waals surface area (Å²) in [5, 5.41) is 8.06. The van der Waals surface area contributed by atoms with Gasteiger partial charge in [-0.25, -0.2) is 19.2 Å². The van der Waals surface area contributed by atoms with Crippen LogP contribution in [0.5, 0.6) is 0 Å². The fraction of sp³-hybridized carbons (Fsp3) is 0.154. The second kappa shape index (κ2) is 7.91. The summed E-state index contributed by atoms with van der Waals surface area (Å²) in [7, 11) is 1.35. The molecule has 0 bridgehead atoms. The Balaban J connectivity index is 1.60. The Morgan fingerprint density at radius 1 is 1.06 bits per heavy atom. The standard InChI is InChI=1S/C26H20FN5O2/c1-34-26(33)17-5-8-21-22(13-17)30-25(32-10-2-3-15-12-19(27)6-9-23(15)32)24(29-21)16-4-7-20-18(11-16)14-28-31-20/h4-9,11-14H,2-3,10H2,1H3,(H,28,31). The van der Waals surface area contributed by atoms with Crippen LogP contribution < -0.4 is 4.90 Å². The maximum absolute atomic E-state index is 13.9. The number of carbonyl (C=O) groups is 1. The third-order valence-corrected chi connectivity index (χ3v) is 6.20. The van der Waals surface area contributed by atoms with Gasteiger partial charge in [-0.05, 0) is 66.9 Å². The van der Waals surface area contributed by atoms with Gasteiger partial charge < -0.3 is 9.64 Å². The minimum absolute atomic E-state index is 0.251. The van der Waals surface area contributed by atoms with Gasteiger partial charge in [0.2, 0.25) is 0 Å². The normalized spacial score (nSPS) is 13.3. The topological polar surface area (TPSA) is 84.0 Å². The molecule has 0 unspecified atom stereocenters. The number of anilines is 2. The van der Waals surface area contributed by atoms with E-state index in [2.05, 4.69) is 15.1 Å². The molecule has 0 saturated carbocycles. The third-order valence-electron chi connectivity index (χ3n) is 6.20. The second-order valence-electron chi connectivity index (χ2n) is 8.29. The van der Waals surface area contributed by atoms with Crippen molar-refractivity contribution in [2.45, 2.75) is 12.8 Å². The van der Waals surface area contributed by atoms with E-state index in [0.29, 0.717) is 28.1 Å². The smallest absolute Gasteiger partial charge is 0.337 e. The van der Waals surface area contributed by atoms with Gasteiger partial charge in [-0.2, -0.15) is 5.10 Å². The minimum Gasteiger partial charge on any atom is -0.465 e. The molecule has 7 nitrogen and oxygen atoms in total. The predicted molar refractivity (Wildman–Crippen MR) is 128 cm³/mol. The van der Waals surface area contributed by atoms with E-state index < -0.39 is 5.97 Å². The summed E-state index contributed by atoms with van der Waals surface area (Å²) in [5.74, 6) is -0.0259. The number of benzene rings is 3. The van der Waals surface area contributed by atoms with Crippen LogP contribution in [0.3, 0.4) is 0 Å². The molecule has 0 fully saturated rings. The highest BCUT2D eigenvalue weighted by molar-refractivity contribution is 5.95. The molecule has 3 heterocycles. The first kappa shape index (κ1) is 20.3. The first-order valence-corrected chi connectivity index (χ1v) is 11.0. The summed E-state index contributed by atoms with van der Waals surface area (Å²) in [6, 6.07) is 16.0. The Labute approximate surface area is 194 Å². The highest BCUT2D eigenvalue weighted by Gasteiger charge is 2.25. The zero-order valence-electron chi connectivity index (χ0n) is 18.4. The molecule has 168 valence electrons. The van der Waals surface area contributed by atoms with Crippen molar-refractivity contribution in [3.63, 3.8) is 0 Å². The van der Waals surface area contributed by atoms with E-state index >= 15 is 0 Å². The van der Waals surface area contributed by atoms with Crippen molar-refractivity contribution in [2.75, 3.05) is 18.6 Å². The largest absolute Gasteiger partial charge is 0.465 e. The Hall–Kier alpha value is -4.33. The van der Waals surface area contributed by atoms with Crippen molar-refractivity contribution in [1.82, 2.24) is 20.2 Å². The second-order valence-corrected chi connectivity index (χ2v) is 8.29. The van der Waals surface area contributed by atoms with Crippen molar-refractivity contribution in [1.29, 1.82) is 0 Å². The molecule has 34 heavy (non-hydrogen) atoms. The van der Waals surface area contributed by atoms with Gasteiger partial charge in [0.05, 0.1) is 35.4 Å². The lowest BCUT2D eigenvalue weighted by Gasteiger charge is -2.31. The molecule has 0 aliphatic carbocycles. The number of ether oxygens (including phenoxy) is 1. The van der Waals surface area contributed by atoms with Crippen LogP contribution in [0.15, 0.2) is 60.8 Å². The van der Waals surface area contributed by atoms with Gasteiger partial charge in [-0.3, -0.25) is 5.10 Å². The van der Waals surface area contributed by atoms with E-state index in [1.807, 2.05) is 18.2 Å². The summed E-state index contributed by atoms with van der Waals surface area (Å²) in [6.45, 7) is 0.719. The number of halogens is 1. The molecule has 0 atom stereocenters. The van der Waals surface area contributed by atoms with Crippen LogP contribution in [0.25, 0.3) is 33.2 Å². The zero-order chi connectivity index (χ0) is 23.2. The first-order chi connectivity index (χ1) is 16.6. The molecule has 3 aromatic carbocycles. The molecule has 8 heteroatoms. The molecular formula is C26H20FN5O2. The first-order valence-electron chi connectivity index (χ1n) is 11.0. The number of esters is 1. The SMILES string of the molecule is COC(=O)c1ccc2nc(-c3ccc4[nH]ncc4c3)c(N3CCCc4cc(F)ccc43)nc2c1. The quantitative estimate of drug-likeness (QED) is 0.379. The number of hydrogen-bond donors (Lipinski definition) is 1. The lowest BCUT2D eigenvalue weighted by Crippen LogP contribution is -2.26. The molecular weight excluding hydrogens is 433 g/mol. The maximum atomic E-state index is 13.9. The molecule has 0 spiro atoms. The van der Waals surface area contributed by atoms with Crippen LogP contribution in [-0.2, 0) is 11.2 Å². The number of carbonyl (C=O) groups excluding carboxylic acids is 1. The Morgan fingerprint density at radius 2 is 1.97 bits per heavy atom. The van der Waals surface area contributed by atoms with Gasteiger partial charge >= 0.3 is 5.97 Å². The summed E-state index contributed by atoms with van der Waals surface area (Å²) in [5.41, 5.74) is 6.03. The number of H-pyrrole nitrogens is 1. The molecule has 0 saturated heterocycles. The highest BCUT2D eigenvalue weighted by Crippen LogP contribution is 2.39. The highest BCUT2D eigenvalue weighted by atomic mass is 19.1. The van der Waals surface area contributed by atoms with Gasteiger partial charge in [0.25, 0.3) is 0 Å². The Kier molecular flexibility index (Phi) is 4.72. The molecule has 6 rings (SSSR count). The van der Waals surface area contributed by atoms with Crippen molar-refractivity contribution in [3.8, 4) is 11.3 Å². The lowest BCUT2D eigenvalue weighted by molar-refractivity contribution is 0.0601. The summed E-state index contributed by atoms with van der Waals surface area (Å²) < 4.78 is 18.8. The number of methoxy groups -OCH3 is 1. The van der Waals surface area contributed by atoms with E-state index in [-0.39, 0.29) is 5.82 Å². The van der Waals surface area contributed by atoms with E-state index in [1.54, 1.807) is 36.5 Å². The Morgan fingerprint density at radius 3 is 2.85 bits per heavy atom. The van der Waals surface area contributed by atoms with Crippen molar-refractivity contribution in [2.24, 2.45) is 0 Å². The van der Waals surface area contributed by atoms with Gasteiger partial charge in [0.1, 0.15) is 11.5 Å². The average Bonchev–Trinajstić information content (AvgIpc) is 3.34. The summed E-state index contributed by atoms with van der Waals surface area (Å²) in [4.78, 5) is 24.1. The zero-order valence-corrected chi connectivity index (χ0v) is 18.4. The van der Waals surface area contributed by atoms with E-state index in [9.17, 15) is 9.18 Å². The molecule has 5 aromatic rings. The lowest BCUT2D eigenvalue weighted by atomic mass is 10.0. The number of nitrogens with zero attached hydrogens (tertiary/aromatic N) is 4. The van der Waals surface area contributed by atoms with Crippen LogP contribution in [0, 0.1) is 5.82 Å². The molecule has 0 amide bonds. The fourth-order valence-corrected chi connectivity index (χ4v) is 4.55. The van der Waals surface area contributed by atoms with Crippen LogP contribution >= 0.6 is 0 Å². The Bertz CT molecular complexity index is 1580. The molecule has 0 radical (unpaired) electrons. The molecule has 2 aromatic heterocycles. The van der Waals surface area contributed by atoms with Gasteiger partial charge in [0, 0.05) is 23.2 Å². The third kappa shape index (κ3) is 3.35. The van der Waals surface area contributed by atoms with Crippen LogP contribution in [-0.4, -0.2) is 39.8 Å². The van der Waals surface area contributed by atoms with E-state index in [1.165, 1.54) is 13.2 Å². The number of aromatic nitrogens is 4. The van der Waals surface area contributed by atoms with Crippen molar-refractivity contribution >= 4 is 39.4 Å². The molecule has 1 N–H and O–H groups in total. The molecule has 1 aliphatic heterocycles. The molecule has 1 aliphatic rings. The van der Waals surface area contributed by atoms with Crippen LogP contribution in [0.4, 0.5) is 15.9 Å². The fourth-order valence-electron chi connectivity index (χ4n) is 4.55. The van der Waals surface area contributed by atoms with Crippen LogP contribution in [0.1, 0.15) is 22.3 Å².